The Balaban J connectivity index is 0.941. The van der Waals surface area contributed by atoms with E-state index in [-0.39, 0.29) is 0 Å². The summed E-state index contributed by atoms with van der Waals surface area (Å²) in [5.41, 5.74) is 16.3. The zero-order valence-electron chi connectivity index (χ0n) is 35.3. The summed E-state index contributed by atoms with van der Waals surface area (Å²) < 4.78 is 0. The Morgan fingerprint density at radius 3 is 0.828 bits per heavy atom. The van der Waals surface area contributed by atoms with Gasteiger partial charge >= 0.3 is 0 Å². The van der Waals surface area contributed by atoms with E-state index in [0.29, 0.717) is 0 Å². The van der Waals surface area contributed by atoms with Gasteiger partial charge < -0.3 is 9.80 Å². The Morgan fingerprint density at radius 1 is 0.172 bits per heavy atom. The van der Waals surface area contributed by atoms with Gasteiger partial charge in [0.05, 0.1) is 0 Å². The summed E-state index contributed by atoms with van der Waals surface area (Å²) >= 11 is 0. The predicted molar refractivity (Wildman–Crippen MR) is 273 cm³/mol. The third-order valence-electron chi connectivity index (χ3n) is 12.2. The number of hydrogen-bond donors (Lipinski definition) is 0. The number of nitrogens with zero attached hydrogens (tertiary/aromatic N) is 2. The molecule has 0 heterocycles. The molecule has 0 unspecified atom stereocenters. The quantitative estimate of drug-likeness (QED) is 0.127. The van der Waals surface area contributed by atoms with E-state index in [1.54, 1.807) is 0 Å². The molecule has 0 spiro atoms. The molecule has 11 rings (SSSR count). The first-order valence-electron chi connectivity index (χ1n) is 21.9. The minimum Gasteiger partial charge on any atom is -0.311 e. The molecule has 0 aliphatic heterocycles. The molecule has 0 aliphatic rings. The molecular weight excluding hydrogens is 773 g/mol. The molecule has 11 aromatic rings. The van der Waals surface area contributed by atoms with Gasteiger partial charge in [-0.3, -0.25) is 0 Å². The molecule has 0 N–H and O–H groups in total. The van der Waals surface area contributed by atoms with Gasteiger partial charge in [-0.05, 0) is 145 Å². The van der Waals surface area contributed by atoms with Gasteiger partial charge in [0.15, 0.2) is 0 Å². The fourth-order valence-corrected chi connectivity index (χ4v) is 9.24. The number of benzene rings is 11. The molecule has 0 saturated carbocycles. The van der Waals surface area contributed by atoms with Crippen LogP contribution in [0.2, 0.25) is 0 Å². The van der Waals surface area contributed by atoms with Crippen molar-refractivity contribution in [3.63, 3.8) is 0 Å². The minimum absolute atomic E-state index is 1.09. The third kappa shape index (κ3) is 7.38. The Labute approximate surface area is 375 Å². The summed E-state index contributed by atoms with van der Waals surface area (Å²) in [5, 5.41) is 4.97. The Kier molecular flexibility index (Phi) is 10.3. The van der Waals surface area contributed by atoms with Crippen LogP contribution in [0.5, 0.6) is 0 Å². The molecule has 0 bridgehead atoms. The lowest BCUT2D eigenvalue weighted by Crippen LogP contribution is -2.09. The highest BCUT2D eigenvalue weighted by Gasteiger charge is 2.19. The summed E-state index contributed by atoms with van der Waals surface area (Å²) in [6.45, 7) is 0. The van der Waals surface area contributed by atoms with Crippen molar-refractivity contribution >= 4 is 55.7 Å². The zero-order chi connectivity index (χ0) is 42.7. The summed E-state index contributed by atoms with van der Waals surface area (Å²) in [6.07, 6.45) is 0. The smallest absolute Gasteiger partial charge is 0.0462 e. The van der Waals surface area contributed by atoms with Crippen molar-refractivity contribution in [2.45, 2.75) is 0 Å². The zero-order valence-corrected chi connectivity index (χ0v) is 35.3. The van der Waals surface area contributed by atoms with Crippen LogP contribution < -0.4 is 9.80 Å². The van der Waals surface area contributed by atoms with Crippen LogP contribution in [0.4, 0.5) is 34.1 Å². The predicted octanol–water partition coefficient (Wildman–Crippen LogP) is 17.6. The fraction of sp³-hybridized carbons (Fsp3) is 0. The standard InChI is InChI=1S/C62H44N2/c1-5-18-45(19-6-1)49-20-17-21-50(44-49)62-59-30-15-13-28-57(59)61(58-29-14-16-31-60(58)62)48-36-42-56(43-37-48)64(53-26-11-4-12-27-53)55-40-34-47(35-41-55)46-32-38-54(39-33-46)63(51-22-7-2-8-23-51)52-24-9-3-10-25-52/h1-44H. The lowest BCUT2D eigenvalue weighted by atomic mass is 9.85. The average Bonchev–Trinajstić information content (AvgIpc) is 3.38. The topological polar surface area (TPSA) is 6.48 Å². The molecular formula is C62H44N2. The maximum Gasteiger partial charge on any atom is 0.0462 e. The third-order valence-corrected chi connectivity index (χ3v) is 12.2. The molecule has 2 nitrogen and oxygen atoms in total. The second-order valence-corrected chi connectivity index (χ2v) is 16.1. The average molecular weight is 817 g/mol. The molecule has 2 heteroatoms. The van der Waals surface area contributed by atoms with Gasteiger partial charge in [-0.25, -0.2) is 0 Å². The van der Waals surface area contributed by atoms with Crippen molar-refractivity contribution in [3.8, 4) is 44.5 Å². The second kappa shape index (κ2) is 17.1. The van der Waals surface area contributed by atoms with Crippen LogP contribution in [-0.4, -0.2) is 0 Å². The van der Waals surface area contributed by atoms with Crippen molar-refractivity contribution in [3.05, 3.63) is 267 Å². The lowest BCUT2D eigenvalue weighted by molar-refractivity contribution is 1.28. The van der Waals surface area contributed by atoms with E-state index >= 15 is 0 Å². The molecule has 0 aliphatic carbocycles. The highest BCUT2D eigenvalue weighted by atomic mass is 15.1. The summed E-state index contributed by atoms with van der Waals surface area (Å²) in [5.74, 6) is 0. The number of rotatable bonds is 10. The Morgan fingerprint density at radius 2 is 0.438 bits per heavy atom. The molecule has 0 atom stereocenters. The summed E-state index contributed by atoms with van der Waals surface area (Å²) in [4.78, 5) is 4.63. The SMILES string of the molecule is c1ccc(-c2cccc(-c3c4ccccc4c(-c4ccc(N(c5ccccc5)c5ccc(-c6ccc(N(c7ccccc7)c7ccccc7)cc6)cc5)cc4)c4ccccc34)c2)cc1. The van der Waals surface area contributed by atoms with E-state index in [9.17, 15) is 0 Å². The van der Waals surface area contributed by atoms with E-state index in [1.165, 1.54) is 66.1 Å². The molecule has 0 radical (unpaired) electrons. The molecule has 0 aromatic heterocycles. The van der Waals surface area contributed by atoms with Gasteiger partial charge in [0.25, 0.3) is 0 Å². The molecule has 0 fully saturated rings. The van der Waals surface area contributed by atoms with E-state index in [4.69, 9.17) is 0 Å². The Bertz CT molecular complexity index is 3230. The van der Waals surface area contributed by atoms with Crippen LogP contribution in [0.3, 0.4) is 0 Å². The molecule has 0 saturated heterocycles. The molecule has 64 heavy (non-hydrogen) atoms. The highest BCUT2D eigenvalue weighted by molar-refractivity contribution is 6.21. The maximum atomic E-state index is 2.34. The number of para-hydroxylation sites is 3. The van der Waals surface area contributed by atoms with Gasteiger partial charge in [-0.1, -0.05) is 188 Å². The number of fused-ring (bicyclic) bond motifs is 2. The van der Waals surface area contributed by atoms with E-state index in [2.05, 4.69) is 277 Å². The van der Waals surface area contributed by atoms with E-state index in [0.717, 1.165) is 34.1 Å². The second-order valence-electron chi connectivity index (χ2n) is 16.1. The fourth-order valence-electron chi connectivity index (χ4n) is 9.24. The van der Waals surface area contributed by atoms with Crippen LogP contribution >= 0.6 is 0 Å². The largest absolute Gasteiger partial charge is 0.311 e. The van der Waals surface area contributed by atoms with Gasteiger partial charge in [0.2, 0.25) is 0 Å². The van der Waals surface area contributed by atoms with Crippen LogP contribution in [0.15, 0.2) is 267 Å². The van der Waals surface area contributed by atoms with E-state index in [1.807, 2.05) is 0 Å². The minimum atomic E-state index is 1.09. The van der Waals surface area contributed by atoms with Crippen molar-refractivity contribution in [2.75, 3.05) is 9.80 Å². The van der Waals surface area contributed by atoms with Crippen LogP contribution in [0, 0.1) is 0 Å². The van der Waals surface area contributed by atoms with Crippen molar-refractivity contribution in [1.29, 1.82) is 0 Å². The first kappa shape index (κ1) is 38.5. The normalized spacial score (nSPS) is 11.1. The van der Waals surface area contributed by atoms with Gasteiger partial charge in [0, 0.05) is 34.1 Å². The summed E-state index contributed by atoms with van der Waals surface area (Å²) in [7, 11) is 0. The van der Waals surface area contributed by atoms with Gasteiger partial charge in [-0.2, -0.15) is 0 Å². The van der Waals surface area contributed by atoms with Gasteiger partial charge in [-0.15, -0.1) is 0 Å². The monoisotopic (exact) mass is 816 g/mol. The van der Waals surface area contributed by atoms with Gasteiger partial charge in [0.1, 0.15) is 0 Å². The van der Waals surface area contributed by atoms with Crippen LogP contribution in [0.25, 0.3) is 66.1 Å². The van der Waals surface area contributed by atoms with Crippen molar-refractivity contribution < 1.29 is 0 Å². The summed E-state index contributed by atoms with van der Waals surface area (Å²) in [6, 6.07) is 96.1. The van der Waals surface area contributed by atoms with Crippen molar-refractivity contribution in [1.82, 2.24) is 0 Å². The van der Waals surface area contributed by atoms with Crippen LogP contribution in [-0.2, 0) is 0 Å². The number of anilines is 6. The first-order valence-corrected chi connectivity index (χ1v) is 21.9. The Hall–Kier alpha value is -8.46. The first-order chi connectivity index (χ1) is 31.8. The van der Waals surface area contributed by atoms with E-state index < -0.39 is 0 Å². The molecule has 11 aromatic carbocycles. The van der Waals surface area contributed by atoms with Crippen molar-refractivity contribution in [2.24, 2.45) is 0 Å². The maximum absolute atomic E-state index is 2.34. The van der Waals surface area contributed by atoms with Crippen LogP contribution in [0.1, 0.15) is 0 Å². The molecule has 302 valence electrons. The lowest BCUT2D eigenvalue weighted by Gasteiger charge is -2.26. The molecule has 0 amide bonds. The number of hydrogen-bond acceptors (Lipinski definition) is 2. The highest BCUT2D eigenvalue weighted by Crippen LogP contribution is 2.45.